The number of halogens is 3. The normalized spacial score (nSPS) is 13.8. The fourth-order valence-electron chi connectivity index (χ4n) is 5.41. The highest BCUT2D eigenvalue weighted by molar-refractivity contribution is 7.92. The molecule has 288 valence electrons. The van der Waals surface area contributed by atoms with E-state index in [1.54, 1.807) is 46.8 Å². The predicted octanol–water partition coefficient (Wildman–Crippen LogP) is 3.90. The van der Waals surface area contributed by atoms with E-state index in [-0.39, 0.29) is 40.2 Å². The van der Waals surface area contributed by atoms with Gasteiger partial charge in [0.15, 0.2) is 0 Å². The van der Waals surface area contributed by atoms with Gasteiger partial charge in [-0.3, -0.25) is 19.2 Å². The molecule has 3 aromatic rings. The minimum atomic E-state index is -4.57. The number of amides is 4. The van der Waals surface area contributed by atoms with Crippen molar-refractivity contribution in [2.45, 2.75) is 71.8 Å². The number of nitrogens with zero attached hydrogens (tertiary/aromatic N) is 1. The molecule has 12 nitrogen and oxygen atoms in total. The number of hydrogen-bond acceptors (Lipinski definition) is 7. The number of alkyl halides is 2. The maximum absolute atomic E-state index is 14.2. The second-order valence-corrected chi connectivity index (χ2v) is 14.8. The molecule has 0 heterocycles. The summed E-state index contributed by atoms with van der Waals surface area (Å²) in [5.74, 6) is -3.08. The third kappa shape index (κ3) is 12.6. The molecule has 16 heteroatoms. The molecular formula is C37H47F3N6O6S. The van der Waals surface area contributed by atoms with E-state index >= 15 is 0 Å². The average Bonchev–Trinajstić information content (AvgIpc) is 3.08. The van der Waals surface area contributed by atoms with Crippen molar-refractivity contribution in [1.82, 2.24) is 26.6 Å². The first kappa shape index (κ1) is 42.5. The Bertz CT molecular complexity index is 1830. The number of rotatable bonds is 18. The van der Waals surface area contributed by atoms with Crippen LogP contribution in [0.15, 0.2) is 72.8 Å². The van der Waals surface area contributed by atoms with E-state index in [0.717, 1.165) is 23.8 Å². The lowest BCUT2D eigenvalue weighted by atomic mass is 10.0. The minimum Gasteiger partial charge on any atom is -0.355 e. The van der Waals surface area contributed by atoms with Crippen molar-refractivity contribution < 1.29 is 40.8 Å². The summed E-state index contributed by atoms with van der Waals surface area (Å²) in [6.07, 6.45) is 0.830. The molecule has 4 amide bonds. The highest BCUT2D eigenvalue weighted by atomic mass is 32.2. The zero-order chi connectivity index (χ0) is 39.5. The smallest absolute Gasteiger partial charge is 0.327 e. The lowest BCUT2D eigenvalue weighted by Gasteiger charge is -2.26. The van der Waals surface area contributed by atoms with Gasteiger partial charge in [-0.05, 0) is 74.6 Å². The van der Waals surface area contributed by atoms with Crippen LogP contribution < -0.4 is 30.9 Å². The van der Waals surface area contributed by atoms with Crippen molar-refractivity contribution in [3.8, 4) is 0 Å². The first-order chi connectivity index (χ1) is 24.9. The Balaban J connectivity index is 1.93. The van der Waals surface area contributed by atoms with Crippen molar-refractivity contribution in [1.29, 1.82) is 0 Å². The Labute approximate surface area is 308 Å². The summed E-state index contributed by atoms with van der Waals surface area (Å²) in [5, 5.41) is 14.0. The molecule has 53 heavy (non-hydrogen) atoms. The van der Waals surface area contributed by atoms with Crippen molar-refractivity contribution in [3.05, 3.63) is 101 Å². The SMILES string of the molecule is CCNC(=O)[C@@H](NC(=O)[C@H](C)NC[C@H](Cc1ccccc1)NC(=O)c1cc(C(=O)N[C@H](C)c2ccc(F)cc2)cc(N(C(F)F)S(C)(=O)=O)c1)C(C)C. The zero-order valence-electron chi connectivity index (χ0n) is 30.5. The van der Waals surface area contributed by atoms with Gasteiger partial charge < -0.3 is 26.6 Å². The lowest BCUT2D eigenvalue weighted by Crippen LogP contribution is -2.55. The number of sulfonamides is 1. The molecule has 3 aromatic carbocycles. The molecule has 0 bridgehead atoms. The molecule has 0 spiro atoms. The van der Waals surface area contributed by atoms with Crippen LogP contribution in [0, 0.1) is 11.7 Å². The molecule has 0 saturated carbocycles. The summed E-state index contributed by atoms with van der Waals surface area (Å²) < 4.78 is 66.5. The second-order valence-electron chi connectivity index (χ2n) is 13.0. The van der Waals surface area contributed by atoms with Gasteiger partial charge >= 0.3 is 6.55 Å². The van der Waals surface area contributed by atoms with E-state index in [1.165, 1.54) is 24.3 Å². The molecule has 4 atom stereocenters. The van der Waals surface area contributed by atoms with Crippen molar-refractivity contribution in [2.24, 2.45) is 5.92 Å². The average molecular weight is 761 g/mol. The molecule has 0 fully saturated rings. The molecule has 0 aliphatic heterocycles. The highest BCUT2D eigenvalue weighted by Crippen LogP contribution is 2.26. The molecule has 0 aliphatic carbocycles. The van der Waals surface area contributed by atoms with Gasteiger partial charge in [0.25, 0.3) is 11.8 Å². The number of carbonyl (C=O) groups excluding carboxylic acids is 4. The van der Waals surface area contributed by atoms with Gasteiger partial charge in [0.1, 0.15) is 11.9 Å². The summed E-state index contributed by atoms with van der Waals surface area (Å²) in [5.41, 5.74) is 0.150. The summed E-state index contributed by atoms with van der Waals surface area (Å²) in [4.78, 5) is 52.9. The number of hydrogen-bond donors (Lipinski definition) is 5. The Morgan fingerprint density at radius 2 is 1.38 bits per heavy atom. The minimum absolute atomic E-state index is 0.0391. The summed E-state index contributed by atoms with van der Waals surface area (Å²) in [6, 6.07) is 14.4. The van der Waals surface area contributed by atoms with Crippen LogP contribution in [-0.2, 0) is 26.0 Å². The number of likely N-dealkylation sites (N-methyl/N-ethyl adjacent to an activating group) is 1. The number of nitrogens with one attached hydrogen (secondary N) is 5. The van der Waals surface area contributed by atoms with Gasteiger partial charge in [0, 0.05) is 30.3 Å². The van der Waals surface area contributed by atoms with Gasteiger partial charge in [0.2, 0.25) is 21.8 Å². The Hall–Kier alpha value is -4.96. The Morgan fingerprint density at radius 3 is 1.91 bits per heavy atom. The van der Waals surface area contributed by atoms with Crippen LogP contribution in [0.1, 0.15) is 72.5 Å². The molecule has 3 rings (SSSR count). The van der Waals surface area contributed by atoms with Gasteiger partial charge in [-0.25, -0.2) is 17.1 Å². The number of anilines is 1. The van der Waals surface area contributed by atoms with Crippen LogP contribution >= 0.6 is 0 Å². The monoisotopic (exact) mass is 760 g/mol. The van der Waals surface area contributed by atoms with Crippen molar-refractivity contribution in [3.63, 3.8) is 0 Å². The van der Waals surface area contributed by atoms with Gasteiger partial charge in [-0.1, -0.05) is 56.3 Å². The number of carbonyl (C=O) groups is 4. The molecule has 0 radical (unpaired) electrons. The maximum atomic E-state index is 14.2. The maximum Gasteiger partial charge on any atom is 0.327 e. The van der Waals surface area contributed by atoms with Crippen molar-refractivity contribution >= 4 is 39.3 Å². The second kappa shape index (κ2) is 19.2. The third-order valence-corrected chi connectivity index (χ3v) is 9.36. The Morgan fingerprint density at radius 1 is 0.792 bits per heavy atom. The van der Waals surface area contributed by atoms with Gasteiger partial charge in [-0.2, -0.15) is 8.78 Å². The molecular weight excluding hydrogens is 714 g/mol. The molecule has 0 unspecified atom stereocenters. The van der Waals surface area contributed by atoms with Crippen LogP contribution in [0.4, 0.5) is 18.9 Å². The molecule has 0 aliphatic rings. The lowest BCUT2D eigenvalue weighted by molar-refractivity contribution is -0.130. The third-order valence-electron chi connectivity index (χ3n) is 8.27. The molecule has 5 N–H and O–H groups in total. The predicted molar refractivity (Wildman–Crippen MR) is 196 cm³/mol. The first-order valence-electron chi connectivity index (χ1n) is 17.1. The van der Waals surface area contributed by atoms with E-state index < -0.39 is 70.0 Å². The van der Waals surface area contributed by atoms with Crippen LogP contribution in [0.25, 0.3) is 0 Å². The largest absolute Gasteiger partial charge is 0.355 e. The zero-order valence-corrected chi connectivity index (χ0v) is 31.3. The van der Waals surface area contributed by atoms with Crippen LogP contribution in [0.2, 0.25) is 0 Å². The highest BCUT2D eigenvalue weighted by Gasteiger charge is 2.30. The van der Waals surface area contributed by atoms with Crippen molar-refractivity contribution in [2.75, 3.05) is 23.7 Å². The quantitative estimate of drug-likeness (QED) is 0.123. The van der Waals surface area contributed by atoms with Crippen LogP contribution in [0.3, 0.4) is 0 Å². The van der Waals surface area contributed by atoms with E-state index in [2.05, 4.69) is 26.6 Å². The number of benzene rings is 3. The fourth-order valence-corrected chi connectivity index (χ4v) is 6.19. The van der Waals surface area contributed by atoms with Crippen LogP contribution in [0.5, 0.6) is 0 Å². The summed E-state index contributed by atoms with van der Waals surface area (Å²) in [6.45, 7) is 5.47. The molecule has 0 aromatic heterocycles. The van der Waals surface area contributed by atoms with E-state index in [4.69, 9.17) is 0 Å². The summed E-state index contributed by atoms with van der Waals surface area (Å²) in [7, 11) is -4.57. The van der Waals surface area contributed by atoms with Gasteiger partial charge in [-0.15, -0.1) is 0 Å². The summed E-state index contributed by atoms with van der Waals surface area (Å²) >= 11 is 0. The van der Waals surface area contributed by atoms with E-state index in [9.17, 15) is 40.8 Å². The standard InChI is InChI=1S/C37H47F3N6O6S/c1-7-41-36(50)32(22(2)3)45-33(47)24(5)42-21-30(17-25-11-9-8-10-12-25)44-35(49)28-18-27(19-31(20-28)46(37(39)40)53(6,51)52)34(48)43-23(4)26-13-15-29(38)16-14-26/h8-16,18-20,22-24,30,32,37,42H,7,17,21H2,1-6H3,(H,41,50)(H,43,48)(H,44,49)(H,45,47)/t23-,24+,30+,32+/m1/s1. The van der Waals surface area contributed by atoms with E-state index in [1.807, 2.05) is 18.2 Å². The fraction of sp³-hybridized carbons (Fsp3) is 0.405. The topological polar surface area (TPSA) is 166 Å². The molecule has 0 saturated heterocycles. The van der Waals surface area contributed by atoms with Crippen LogP contribution in [-0.4, -0.2) is 76.1 Å². The van der Waals surface area contributed by atoms with E-state index in [0.29, 0.717) is 18.4 Å². The first-order valence-corrected chi connectivity index (χ1v) is 18.9. The Kier molecular flexibility index (Phi) is 15.4. The van der Waals surface area contributed by atoms with Gasteiger partial charge in [0.05, 0.1) is 24.0 Å².